The van der Waals surface area contributed by atoms with E-state index >= 15 is 0 Å². The van der Waals surface area contributed by atoms with Gasteiger partial charge in [0.2, 0.25) is 0 Å². The molecule has 9 rings (SSSR count). The van der Waals surface area contributed by atoms with Crippen molar-refractivity contribution in [3.8, 4) is 78.7 Å². The lowest BCUT2D eigenvalue weighted by atomic mass is 9.55. The molecule has 0 saturated heterocycles. The summed E-state index contributed by atoms with van der Waals surface area (Å²) < 4.78 is 0. The van der Waals surface area contributed by atoms with E-state index in [0.29, 0.717) is 17.5 Å². The average molecular weight is 696 g/mol. The fraction of sp³-hybridized carbons (Fsp3) is 0.118. The highest BCUT2D eigenvalue weighted by Crippen LogP contribution is 2.55. The zero-order chi connectivity index (χ0) is 36.9. The maximum Gasteiger partial charge on any atom is 0.164 e. The van der Waals surface area contributed by atoms with Crippen LogP contribution in [0.15, 0.2) is 176 Å². The lowest BCUT2D eigenvalue weighted by Crippen LogP contribution is -2.43. The summed E-state index contributed by atoms with van der Waals surface area (Å²) in [4.78, 5) is 14.9. The highest BCUT2D eigenvalue weighted by Gasteiger charge is 2.45. The first-order valence-corrected chi connectivity index (χ1v) is 18.7. The average Bonchev–Trinajstić information content (AvgIpc) is 3.23. The minimum atomic E-state index is -0.0717. The van der Waals surface area contributed by atoms with Gasteiger partial charge in [-0.1, -0.05) is 185 Å². The number of hydrogen-bond acceptors (Lipinski definition) is 3. The van der Waals surface area contributed by atoms with Gasteiger partial charge in [-0.15, -0.1) is 0 Å². The molecule has 1 aromatic heterocycles. The Morgan fingerprint density at radius 2 is 0.648 bits per heavy atom. The number of benzene rings is 7. The van der Waals surface area contributed by atoms with E-state index in [4.69, 9.17) is 15.0 Å². The van der Waals surface area contributed by atoms with E-state index in [2.05, 4.69) is 143 Å². The maximum atomic E-state index is 5.02. The first-order valence-electron chi connectivity index (χ1n) is 18.7. The molecule has 1 aliphatic carbocycles. The topological polar surface area (TPSA) is 38.7 Å². The first kappa shape index (κ1) is 33.4. The summed E-state index contributed by atoms with van der Waals surface area (Å²) in [7, 11) is 0. The molecule has 7 aromatic carbocycles. The molecule has 0 radical (unpaired) electrons. The minimum absolute atomic E-state index is 0.0554. The van der Waals surface area contributed by atoms with Crippen LogP contribution in [0, 0.1) is 0 Å². The minimum Gasteiger partial charge on any atom is -0.208 e. The third-order valence-corrected chi connectivity index (χ3v) is 11.7. The van der Waals surface area contributed by atoms with Gasteiger partial charge in [0.15, 0.2) is 17.5 Å². The van der Waals surface area contributed by atoms with Crippen molar-refractivity contribution in [3.05, 3.63) is 187 Å². The Balaban J connectivity index is 1.17. The molecule has 3 nitrogen and oxygen atoms in total. The maximum absolute atomic E-state index is 5.02. The fourth-order valence-electron chi connectivity index (χ4n) is 8.03. The number of aromatic nitrogens is 3. The molecular weight excluding hydrogens is 655 g/mol. The Hall–Kier alpha value is -6.45. The predicted octanol–water partition coefficient (Wildman–Crippen LogP) is 13.1. The van der Waals surface area contributed by atoms with Gasteiger partial charge in [0.25, 0.3) is 0 Å². The second kappa shape index (κ2) is 13.2. The molecule has 0 saturated carbocycles. The summed E-state index contributed by atoms with van der Waals surface area (Å²) in [6.07, 6.45) is 0. The van der Waals surface area contributed by atoms with Gasteiger partial charge in [-0.3, -0.25) is 0 Å². The normalized spacial score (nSPS) is 13.9. The summed E-state index contributed by atoms with van der Waals surface area (Å²) in [5, 5.41) is 0. The Kier molecular flexibility index (Phi) is 8.16. The molecule has 0 atom stereocenters. The SMILES string of the molecule is CC1(C)c2ccc(-c3ccccc3)cc2-c2cc(-c3ccccc3-c3cccc(-c4nc(-c5ccccc5)nc(-c5ccccc5)n4)c3)ccc2C1(C)C. The van der Waals surface area contributed by atoms with Crippen LogP contribution in [0.5, 0.6) is 0 Å². The van der Waals surface area contributed by atoms with Crippen LogP contribution in [0.4, 0.5) is 0 Å². The van der Waals surface area contributed by atoms with Crippen LogP contribution < -0.4 is 0 Å². The van der Waals surface area contributed by atoms with E-state index in [1.807, 2.05) is 60.7 Å². The van der Waals surface area contributed by atoms with Crippen LogP contribution in [0.25, 0.3) is 78.7 Å². The highest BCUT2D eigenvalue weighted by molar-refractivity contribution is 5.89. The van der Waals surface area contributed by atoms with E-state index in [-0.39, 0.29) is 10.8 Å². The van der Waals surface area contributed by atoms with Crippen molar-refractivity contribution >= 4 is 0 Å². The summed E-state index contributed by atoms with van der Waals surface area (Å²) in [5.74, 6) is 1.95. The smallest absolute Gasteiger partial charge is 0.164 e. The van der Waals surface area contributed by atoms with Gasteiger partial charge in [0, 0.05) is 16.7 Å². The van der Waals surface area contributed by atoms with Gasteiger partial charge in [0.05, 0.1) is 0 Å². The molecule has 1 heterocycles. The molecule has 0 N–H and O–H groups in total. The molecular formula is C51H41N3. The molecule has 0 unspecified atom stereocenters. The third-order valence-electron chi connectivity index (χ3n) is 11.7. The Morgan fingerprint density at radius 3 is 1.17 bits per heavy atom. The zero-order valence-electron chi connectivity index (χ0n) is 31.1. The summed E-state index contributed by atoms with van der Waals surface area (Å²) in [6.45, 7) is 9.58. The molecule has 3 heteroatoms. The van der Waals surface area contributed by atoms with Gasteiger partial charge in [-0.05, 0) is 84.7 Å². The fourth-order valence-corrected chi connectivity index (χ4v) is 8.03. The quantitative estimate of drug-likeness (QED) is 0.174. The largest absolute Gasteiger partial charge is 0.208 e. The number of hydrogen-bond donors (Lipinski definition) is 0. The van der Waals surface area contributed by atoms with Gasteiger partial charge in [0.1, 0.15) is 0 Å². The molecule has 1 aliphatic rings. The van der Waals surface area contributed by atoms with Gasteiger partial charge < -0.3 is 0 Å². The van der Waals surface area contributed by atoms with E-state index in [9.17, 15) is 0 Å². The third kappa shape index (κ3) is 5.74. The van der Waals surface area contributed by atoms with Crippen molar-refractivity contribution in [2.24, 2.45) is 0 Å². The summed E-state index contributed by atoms with van der Waals surface area (Å²) >= 11 is 0. The van der Waals surface area contributed by atoms with Crippen molar-refractivity contribution in [3.63, 3.8) is 0 Å². The summed E-state index contributed by atoms with van der Waals surface area (Å²) in [6, 6.07) is 62.5. The van der Waals surface area contributed by atoms with Crippen LogP contribution in [0.1, 0.15) is 38.8 Å². The van der Waals surface area contributed by atoms with E-state index in [1.54, 1.807) is 0 Å². The lowest BCUT2D eigenvalue weighted by molar-refractivity contribution is 0.299. The number of fused-ring (bicyclic) bond motifs is 3. The zero-order valence-corrected chi connectivity index (χ0v) is 31.1. The van der Waals surface area contributed by atoms with Crippen LogP contribution in [0.2, 0.25) is 0 Å². The molecule has 0 amide bonds. The standard InChI is InChI=1S/C51H41N3/c1-50(2)45-29-27-37(34-17-8-5-9-18-34)32-43(45)44-33-39(28-30-46(44)51(50,3)4)42-26-15-14-25-41(42)38-23-16-24-40(31-38)49-53-47(35-19-10-6-11-20-35)52-48(54-49)36-21-12-7-13-22-36/h5-33H,1-4H3. The Labute approximate surface area is 318 Å². The first-order chi connectivity index (χ1) is 26.3. The molecule has 0 fully saturated rings. The van der Waals surface area contributed by atoms with Crippen molar-refractivity contribution in [2.45, 2.75) is 38.5 Å². The van der Waals surface area contributed by atoms with Crippen LogP contribution in [-0.4, -0.2) is 15.0 Å². The van der Waals surface area contributed by atoms with Crippen molar-refractivity contribution in [2.75, 3.05) is 0 Å². The van der Waals surface area contributed by atoms with Crippen molar-refractivity contribution in [1.29, 1.82) is 0 Å². The predicted molar refractivity (Wildman–Crippen MR) is 224 cm³/mol. The lowest BCUT2D eigenvalue weighted by Gasteiger charge is -2.48. The molecule has 260 valence electrons. The molecule has 54 heavy (non-hydrogen) atoms. The Morgan fingerprint density at radius 1 is 0.278 bits per heavy atom. The van der Waals surface area contributed by atoms with Crippen LogP contribution >= 0.6 is 0 Å². The molecule has 8 aromatic rings. The van der Waals surface area contributed by atoms with Gasteiger partial charge in [-0.2, -0.15) is 0 Å². The number of rotatable bonds is 6. The number of nitrogens with zero attached hydrogens (tertiary/aromatic N) is 3. The van der Waals surface area contributed by atoms with Gasteiger partial charge >= 0.3 is 0 Å². The second-order valence-corrected chi connectivity index (χ2v) is 15.3. The van der Waals surface area contributed by atoms with E-state index in [0.717, 1.165) is 27.8 Å². The van der Waals surface area contributed by atoms with E-state index < -0.39 is 0 Å². The highest BCUT2D eigenvalue weighted by atomic mass is 15.0. The van der Waals surface area contributed by atoms with Crippen LogP contribution in [0.3, 0.4) is 0 Å². The molecule has 0 spiro atoms. The van der Waals surface area contributed by atoms with Gasteiger partial charge in [-0.25, -0.2) is 15.0 Å². The van der Waals surface area contributed by atoms with E-state index in [1.165, 1.54) is 44.5 Å². The molecule has 0 bridgehead atoms. The monoisotopic (exact) mass is 695 g/mol. The van der Waals surface area contributed by atoms with Crippen LogP contribution in [-0.2, 0) is 10.8 Å². The van der Waals surface area contributed by atoms with Crippen molar-refractivity contribution in [1.82, 2.24) is 15.0 Å². The Bertz CT molecular complexity index is 2580. The summed E-state index contributed by atoms with van der Waals surface area (Å²) in [5.41, 5.74) is 15.2. The molecule has 0 aliphatic heterocycles. The van der Waals surface area contributed by atoms with Crippen molar-refractivity contribution < 1.29 is 0 Å². The second-order valence-electron chi connectivity index (χ2n) is 15.3.